The standard InChI is InChI=1S/C16H25N3O2/c1-4-7-17-15-8-14(5-6-16(15)19(20)21)11-18-9-12(2)13(3)10-18/h5-6,8,12-13,17H,4,7,9-11H2,1-3H3. The molecule has 0 bridgehead atoms. The van der Waals surface area contributed by atoms with E-state index in [0.29, 0.717) is 5.69 Å². The first-order valence-corrected chi connectivity index (χ1v) is 7.74. The molecule has 5 nitrogen and oxygen atoms in total. The van der Waals surface area contributed by atoms with Gasteiger partial charge in [0, 0.05) is 32.2 Å². The second-order valence-corrected chi connectivity index (χ2v) is 6.18. The summed E-state index contributed by atoms with van der Waals surface area (Å²) >= 11 is 0. The van der Waals surface area contributed by atoms with Gasteiger partial charge in [-0.3, -0.25) is 15.0 Å². The molecule has 1 aromatic rings. The second-order valence-electron chi connectivity index (χ2n) is 6.18. The molecule has 1 fully saturated rings. The zero-order valence-electron chi connectivity index (χ0n) is 13.1. The van der Waals surface area contributed by atoms with Crippen LogP contribution in [0.3, 0.4) is 0 Å². The molecule has 0 saturated carbocycles. The van der Waals surface area contributed by atoms with Gasteiger partial charge in [0.1, 0.15) is 5.69 Å². The van der Waals surface area contributed by atoms with Crippen molar-refractivity contribution in [3.05, 3.63) is 33.9 Å². The highest BCUT2D eigenvalue weighted by Gasteiger charge is 2.26. The molecule has 116 valence electrons. The zero-order chi connectivity index (χ0) is 15.4. The Balaban J connectivity index is 2.11. The average Bonchev–Trinajstić information content (AvgIpc) is 2.74. The van der Waals surface area contributed by atoms with Gasteiger partial charge in [-0.15, -0.1) is 0 Å². The van der Waals surface area contributed by atoms with Crippen molar-refractivity contribution < 1.29 is 4.92 Å². The molecule has 0 radical (unpaired) electrons. The molecule has 0 spiro atoms. The molecule has 1 aliphatic rings. The van der Waals surface area contributed by atoms with E-state index < -0.39 is 0 Å². The van der Waals surface area contributed by atoms with Crippen LogP contribution in [0.1, 0.15) is 32.8 Å². The van der Waals surface area contributed by atoms with Crippen LogP contribution in [0, 0.1) is 22.0 Å². The van der Waals surface area contributed by atoms with E-state index in [2.05, 4.69) is 31.0 Å². The van der Waals surface area contributed by atoms with Gasteiger partial charge in [-0.25, -0.2) is 0 Å². The highest BCUT2D eigenvalue weighted by Crippen LogP contribution is 2.28. The van der Waals surface area contributed by atoms with Crippen LogP contribution in [-0.4, -0.2) is 29.5 Å². The number of benzene rings is 1. The Labute approximate surface area is 126 Å². The molecule has 2 atom stereocenters. The van der Waals surface area contributed by atoms with Gasteiger partial charge in [0.15, 0.2) is 0 Å². The van der Waals surface area contributed by atoms with Crippen molar-refractivity contribution in [2.45, 2.75) is 33.7 Å². The van der Waals surface area contributed by atoms with Crippen molar-refractivity contribution in [1.29, 1.82) is 0 Å². The fraction of sp³-hybridized carbons (Fsp3) is 0.625. The normalized spacial score (nSPS) is 22.4. The van der Waals surface area contributed by atoms with Gasteiger partial charge in [-0.05, 0) is 29.9 Å². The molecular weight excluding hydrogens is 266 g/mol. The van der Waals surface area contributed by atoms with E-state index in [1.807, 2.05) is 12.1 Å². The van der Waals surface area contributed by atoms with Crippen LogP contribution in [0.15, 0.2) is 18.2 Å². The zero-order valence-corrected chi connectivity index (χ0v) is 13.1. The lowest BCUT2D eigenvalue weighted by Gasteiger charge is -2.16. The molecule has 5 heteroatoms. The summed E-state index contributed by atoms with van der Waals surface area (Å²) in [4.78, 5) is 13.2. The molecule has 0 aliphatic carbocycles. The predicted octanol–water partition coefficient (Wildman–Crippen LogP) is 3.50. The number of anilines is 1. The fourth-order valence-electron chi connectivity index (χ4n) is 2.88. The first-order valence-electron chi connectivity index (χ1n) is 7.74. The van der Waals surface area contributed by atoms with E-state index in [-0.39, 0.29) is 10.6 Å². The molecule has 0 amide bonds. The molecule has 1 heterocycles. The minimum Gasteiger partial charge on any atom is -0.379 e. The van der Waals surface area contributed by atoms with E-state index in [1.165, 1.54) is 0 Å². The summed E-state index contributed by atoms with van der Waals surface area (Å²) in [6.45, 7) is 10.5. The summed E-state index contributed by atoms with van der Waals surface area (Å²) in [5.74, 6) is 1.45. The molecule has 1 saturated heterocycles. The van der Waals surface area contributed by atoms with Crippen LogP contribution < -0.4 is 5.32 Å². The van der Waals surface area contributed by atoms with Crippen LogP contribution in [0.25, 0.3) is 0 Å². The lowest BCUT2D eigenvalue weighted by molar-refractivity contribution is -0.384. The van der Waals surface area contributed by atoms with E-state index in [4.69, 9.17) is 0 Å². The van der Waals surface area contributed by atoms with Crippen LogP contribution in [-0.2, 0) is 6.54 Å². The fourth-order valence-corrected chi connectivity index (χ4v) is 2.88. The van der Waals surface area contributed by atoms with Crippen molar-refractivity contribution >= 4 is 11.4 Å². The van der Waals surface area contributed by atoms with E-state index in [1.54, 1.807) is 6.07 Å². The first-order chi connectivity index (χ1) is 10.0. The number of hydrogen-bond donors (Lipinski definition) is 1. The maximum atomic E-state index is 11.1. The number of nitrogens with zero attached hydrogens (tertiary/aromatic N) is 2. The maximum absolute atomic E-state index is 11.1. The van der Waals surface area contributed by atoms with Gasteiger partial charge < -0.3 is 5.32 Å². The van der Waals surface area contributed by atoms with Gasteiger partial charge in [0.05, 0.1) is 4.92 Å². The Hall–Kier alpha value is -1.62. The number of likely N-dealkylation sites (tertiary alicyclic amines) is 1. The average molecular weight is 291 g/mol. The van der Waals surface area contributed by atoms with E-state index >= 15 is 0 Å². The number of nitrogens with one attached hydrogen (secondary N) is 1. The second kappa shape index (κ2) is 6.89. The van der Waals surface area contributed by atoms with Crippen molar-refractivity contribution in [3.63, 3.8) is 0 Å². The minimum absolute atomic E-state index is 0.162. The van der Waals surface area contributed by atoms with Crippen LogP contribution >= 0.6 is 0 Å². The Bertz CT molecular complexity index is 494. The number of hydrogen-bond acceptors (Lipinski definition) is 4. The lowest BCUT2D eigenvalue weighted by atomic mass is 10.0. The topological polar surface area (TPSA) is 58.4 Å². The Morgan fingerprint density at radius 3 is 2.57 bits per heavy atom. The third-order valence-corrected chi connectivity index (χ3v) is 4.29. The minimum atomic E-state index is -0.318. The third-order valence-electron chi connectivity index (χ3n) is 4.29. The summed E-state index contributed by atoms with van der Waals surface area (Å²) in [6.07, 6.45) is 0.947. The van der Waals surface area contributed by atoms with E-state index in [9.17, 15) is 10.1 Å². The molecule has 1 N–H and O–H groups in total. The molecule has 0 aromatic heterocycles. The van der Waals surface area contributed by atoms with Crippen molar-refractivity contribution in [2.24, 2.45) is 11.8 Å². The molecule has 2 rings (SSSR count). The van der Waals surface area contributed by atoms with Crippen LogP contribution in [0.4, 0.5) is 11.4 Å². The smallest absolute Gasteiger partial charge is 0.292 e. The monoisotopic (exact) mass is 291 g/mol. The lowest BCUT2D eigenvalue weighted by Crippen LogP contribution is -2.20. The highest BCUT2D eigenvalue weighted by atomic mass is 16.6. The van der Waals surface area contributed by atoms with Crippen molar-refractivity contribution in [2.75, 3.05) is 25.0 Å². The van der Waals surface area contributed by atoms with Gasteiger partial charge in [0.25, 0.3) is 5.69 Å². The SMILES string of the molecule is CCCNc1cc(CN2CC(C)C(C)C2)ccc1[N+](=O)[O-]. The Kier molecular flexibility index (Phi) is 5.17. The molecule has 1 aliphatic heterocycles. The largest absolute Gasteiger partial charge is 0.379 e. The van der Waals surface area contributed by atoms with Crippen LogP contribution in [0.5, 0.6) is 0 Å². The quantitative estimate of drug-likeness (QED) is 0.643. The van der Waals surface area contributed by atoms with Crippen molar-refractivity contribution in [1.82, 2.24) is 4.90 Å². The van der Waals surface area contributed by atoms with Gasteiger partial charge >= 0.3 is 0 Å². The number of nitro groups is 1. The summed E-state index contributed by atoms with van der Waals surface area (Å²) in [5.41, 5.74) is 1.94. The summed E-state index contributed by atoms with van der Waals surface area (Å²) < 4.78 is 0. The Morgan fingerprint density at radius 1 is 1.33 bits per heavy atom. The van der Waals surface area contributed by atoms with Crippen LogP contribution in [0.2, 0.25) is 0 Å². The molecule has 1 aromatic carbocycles. The first kappa shape index (κ1) is 15.8. The summed E-state index contributed by atoms with van der Waals surface area (Å²) in [5, 5.41) is 14.2. The Morgan fingerprint density at radius 2 is 2.00 bits per heavy atom. The molecular formula is C16H25N3O2. The molecule has 2 unspecified atom stereocenters. The van der Waals surface area contributed by atoms with Gasteiger partial charge in [-0.1, -0.05) is 26.8 Å². The van der Waals surface area contributed by atoms with Crippen molar-refractivity contribution in [3.8, 4) is 0 Å². The van der Waals surface area contributed by atoms with E-state index in [0.717, 1.165) is 50.0 Å². The maximum Gasteiger partial charge on any atom is 0.292 e. The molecule has 21 heavy (non-hydrogen) atoms. The summed E-state index contributed by atoms with van der Waals surface area (Å²) in [6, 6.07) is 5.43. The summed E-state index contributed by atoms with van der Waals surface area (Å²) in [7, 11) is 0. The van der Waals surface area contributed by atoms with Gasteiger partial charge in [-0.2, -0.15) is 0 Å². The van der Waals surface area contributed by atoms with Gasteiger partial charge in [0.2, 0.25) is 0 Å². The number of nitro benzene ring substituents is 1. The predicted molar refractivity (Wildman–Crippen MR) is 85.5 cm³/mol. The number of rotatable bonds is 6. The third kappa shape index (κ3) is 3.94. The highest BCUT2D eigenvalue weighted by molar-refractivity contribution is 5.62.